The topological polar surface area (TPSA) is 43.4 Å². The van der Waals surface area contributed by atoms with Crippen LogP contribution >= 0.6 is 0 Å². The van der Waals surface area contributed by atoms with Crippen LogP contribution < -0.4 is 4.74 Å². The zero-order valence-corrected chi connectivity index (χ0v) is 27.1. The minimum Gasteiger partial charge on any atom is -0.427 e. The van der Waals surface area contributed by atoms with E-state index in [1.165, 1.54) is 55.7 Å². The summed E-state index contributed by atoms with van der Waals surface area (Å²) in [4.78, 5) is 11.6. The molecule has 1 aromatic carbocycles. The van der Waals surface area contributed by atoms with Crippen LogP contribution in [0, 0.1) is 23.2 Å². The molecule has 44 heavy (non-hydrogen) atoms. The van der Waals surface area contributed by atoms with Crippen molar-refractivity contribution in [2.45, 2.75) is 128 Å². The molecule has 0 heterocycles. The van der Waals surface area contributed by atoms with E-state index in [-0.39, 0.29) is 17.1 Å². The van der Waals surface area contributed by atoms with E-state index < -0.39 is 35.7 Å². The van der Waals surface area contributed by atoms with Crippen molar-refractivity contribution in [3.8, 4) is 5.75 Å². The second kappa shape index (κ2) is 14.8. The van der Waals surface area contributed by atoms with Gasteiger partial charge in [0.25, 0.3) is 0 Å². The summed E-state index contributed by atoms with van der Waals surface area (Å²) in [7, 11) is -1.36. The maximum atomic E-state index is 13.0. The number of halogens is 5. The maximum absolute atomic E-state index is 13.0. The summed E-state index contributed by atoms with van der Waals surface area (Å²) < 4.78 is 80.2. The van der Waals surface area contributed by atoms with E-state index >= 15 is 0 Å². The number of allylic oxidation sites excluding steroid dienone is 1. The van der Waals surface area contributed by atoms with Gasteiger partial charge in [-0.25, -0.2) is 0 Å². The van der Waals surface area contributed by atoms with Gasteiger partial charge in [-0.3, -0.25) is 9.00 Å². The normalized spacial score (nSPS) is 27.4. The molecule has 0 N–H and O–H groups in total. The molecule has 9 heteroatoms. The zero-order valence-electron chi connectivity index (χ0n) is 26.3. The van der Waals surface area contributed by atoms with Gasteiger partial charge in [0, 0.05) is 35.6 Å². The first kappa shape index (κ1) is 35.1. The molecule has 3 aliphatic rings. The third-order valence-corrected chi connectivity index (χ3v) is 12.3. The van der Waals surface area contributed by atoms with E-state index in [0.29, 0.717) is 41.6 Å². The maximum Gasteiger partial charge on any atom is 0.453 e. The Kier molecular flexibility index (Phi) is 11.8. The van der Waals surface area contributed by atoms with Gasteiger partial charge in [-0.1, -0.05) is 63.7 Å². The summed E-state index contributed by atoms with van der Waals surface area (Å²) in [6.45, 7) is 8.37. The molecule has 0 radical (unpaired) electrons. The van der Waals surface area contributed by atoms with Crippen LogP contribution in [0.15, 0.2) is 30.4 Å². The van der Waals surface area contributed by atoms with Gasteiger partial charge in [0.2, 0.25) is 0 Å². The lowest BCUT2D eigenvalue weighted by Gasteiger charge is -2.53. The van der Waals surface area contributed by atoms with Gasteiger partial charge in [0.15, 0.2) is 0 Å². The lowest BCUT2D eigenvalue weighted by atomic mass is 9.52. The summed E-state index contributed by atoms with van der Waals surface area (Å²) in [6, 6.07) is 6.25. The number of ether oxygens (including phenoxy) is 1. The second-order valence-electron chi connectivity index (χ2n) is 13.7. The van der Waals surface area contributed by atoms with Crippen molar-refractivity contribution in [1.82, 2.24) is 0 Å². The van der Waals surface area contributed by atoms with E-state index in [1.807, 2.05) is 6.07 Å². The van der Waals surface area contributed by atoms with E-state index in [1.54, 1.807) is 0 Å². The minimum absolute atomic E-state index is 0.113. The fourth-order valence-corrected chi connectivity index (χ4v) is 9.64. The van der Waals surface area contributed by atoms with Crippen LogP contribution in [0.5, 0.6) is 5.75 Å². The third kappa shape index (κ3) is 8.33. The Balaban J connectivity index is 1.20. The molecule has 4 unspecified atom stereocenters. The van der Waals surface area contributed by atoms with Gasteiger partial charge in [0.1, 0.15) is 5.75 Å². The van der Waals surface area contributed by atoms with Crippen LogP contribution in [0.25, 0.3) is 0 Å². The van der Waals surface area contributed by atoms with E-state index in [4.69, 9.17) is 4.74 Å². The fraction of sp³-hybridized carbons (Fsp3) is 0.743. The number of carbonyl (C=O) groups is 1. The smallest absolute Gasteiger partial charge is 0.427 e. The Morgan fingerprint density at radius 2 is 1.66 bits per heavy atom. The molecule has 3 nitrogen and oxygen atoms in total. The number of carbonyl (C=O) groups excluding carboxylic acids is 1. The van der Waals surface area contributed by atoms with Gasteiger partial charge < -0.3 is 4.74 Å². The molecule has 2 saturated carbocycles. The highest BCUT2D eigenvalue weighted by Crippen LogP contribution is 2.64. The molecular weight excluding hydrogens is 595 g/mol. The van der Waals surface area contributed by atoms with Gasteiger partial charge in [-0.15, -0.1) is 0 Å². The number of fused-ring (bicyclic) bond motifs is 5. The molecule has 6 atom stereocenters. The van der Waals surface area contributed by atoms with Gasteiger partial charge in [-0.2, -0.15) is 22.0 Å². The molecule has 0 saturated heterocycles. The first-order valence-corrected chi connectivity index (χ1v) is 18.0. The number of alkyl halides is 5. The monoisotopic (exact) mass is 644 g/mol. The molecular formula is C35H49F5O3S. The highest BCUT2D eigenvalue weighted by atomic mass is 32.2. The Hall–Kier alpha value is -1.77. The Labute approximate surface area is 262 Å². The number of hydrogen-bond donors (Lipinski definition) is 0. The molecule has 0 aromatic heterocycles. The van der Waals surface area contributed by atoms with E-state index in [2.05, 4.69) is 25.6 Å². The summed E-state index contributed by atoms with van der Waals surface area (Å²) in [5.41, 5.74) is 4.46. The lowest BCUT2D eigenvalue weighted by molar-refractivity contribution is -0.284. The quantitative estimate of drug-likeness (QED) is 0.0628. The molecule has 0 bridgehead atoms. The SMILES string of the molecule is C=C1CCC2C3C(CC[C@]12C)c1ccc(OC(C)=O)cc1C[C@H]3CCCCCCCCCS(=O)CCCC(F)(F)C(F)(F)F. The van der Waals surface area contributed by atoms with Crippen molar-refractivity contribution in [2.75, 3.05) is 11.5 Å². The fourth-order valence-electron chi connectivity index (χ4n) is 8.44. The van der Waals surface area contributed by atoms with Crippen molar-refractivity contribution in [3.63, 3.8) is 0 Å². The van der Waals surface area contributed by atoms with Crippen LogP contribution in [0.1, 0.15) is 121 Å². The standard InChI is InChI=1S/C35H49F5O3S/c1-24-13-16-31-32-26(22-27-23-28(43-25(2)41)14-15-29(27)30(32)17-19-33(24,31)3)12-9-7-5-4-6-8-10-20-44(42)21-11-18-34(36,37)35(38,39)40/h14-15,23,26,30-32H,1,4-13,16-22H2,2-3H3/t26-,30?,31?,32?,33-,44?/m1/s1. The van der Waals surface area contributed by atoms with Crippen molar-refractivity contribution in [1.29, 1.82) is 0 Å². The average Bonchev–Trinajstić information content (AvgIpc) is 3.24. The predicted octanol–water partition coefficient (Wildman–Crippen LogP) is 10.1. The van der Waals surface area contributed by atoms with Crippen LogP contribution in [0.3, 0.4) is 0 Å². The Bertz CT molecular complexity index is 1180. The van der Waals surface area contributed by atoms with Crippen LogP contribution in [0.2, 0.25) is 0 Å². The summed E-state index contributed by atoms with van der Waals surface area (Å²) >= 11 is 0. The number of rotatable bonds is 15. The highest BCUT2D eigenvalue weighted by molar-refractivity contribution is 7.84. The highest BCUT2D eigenvalue weighted by Gasteiger charge is 2.56. The molecule has 4 rings (SSSR count). The first-order chi connectivity index (χ1) is 20.7. The summed E-state index contributed by atoms with van der Waals surface area (Å²) in [6.07, 6.45) is 6.84. The van der Waals surface area contributed by atoms with Crippen molar-refractivity contribution in [2.24, 2.45) is 23.2 Å². The van der Waals surface area contributed by atoms with Crippen molar-refractivity contribution < 1.29 is 35.7 Å². The van der Waals surface area contributed by atoms with Gasteiger partial charge in [-0.05, 0) is 104 Å². The number of unbranched alkanes of at least 4 members (excludes halogenated alkanes) is 6. The largest absolute Gasteiger partial charge is 0.453 e. The van der Waals surface area contributed by atoms with Crippen LogP contribution in [-0.4, -0.2) is 33.8 Å². The Morgan fingerprint density at radius 3 is 2.34 bits per heavy atom. The zero-order chi connectivity index (χ0) is 32.1. The molecule has 0 aliphatic heterocycles. The molecule has 2 fully saturated rings. The average molecular weight is 645 g/mol. The Morgan fingerprint density at radius 1 is 1.00 bits per heavy atom. The first-order valence-electron chi connectivity index (χ1n) is 16.5. The van der Waals surface area contributed by atoms with Crippen LogP contribution in [0.4, 0.5) is 22.0 Å². The van der Waals surface area contributed by atoms with E-state index in [0.717, 1.165) is 44.9 Å². The van der Waals surface area contributed by atoms with E-state index in [9.17, 15) is 31.0 Å². The van der Waals surface area contributed by atoms with Gasteiger partial charge >= 0.3 is 18.1 Å². The molecule has 0 spiro atoms. The third-order valence-electron chi connectivity index (χ3n) is 10.8. The number of benzene rings is 1. The summed E-state index contributed by atoms with van der Waals surface area (Å²) in [5, 5.41) is 0. The van der Waals surface area contributed by atoms with Crippen molar-refractivity contribution in [3.05, 3.63) is 41.5 Å². The van der Waals surface area contributed by atoms with Gasteiger partial charge in [0.05, 0.1) is 0 Å². The predicted molar refractivity (Wildman–Crippen MR) is 165 cm³/mol. The molecule has 3 aliphatic carbocycles. The second-order valence-corrected chi connectivity index (χ2v) is 15.4. The lowest BCUT2D eigenvalue weighted by Crippen LogP contribution is -2.44. The molecule has 1 aromatic rings. The minimum atomic E-state index is -5.54. The molecule has 248 valence electrons. The number of esters is 1. The van der Waals surface area contributed by atoms with Crippen molar-refractivity contribution >= 4 is 16.8 Å². The molecule has 0 amide bonds. The number of hydrogen-bond acceptors (Lipinski definition) is 3. The summed E-state index contributed by atoms with van der Waals surface area (Å²) in [5.74, 6) is -1.66. The van der Waals surface area contributed by atoms with Crippen LogP contribution in [-0.2, 0) is 22.0 Å².